The van der Waals surface area contributed by atoms with Gasteiger partial charge in [0.05, 0.1) is 31.3 Å². The van der Waals surface area contributed by atoms with Crippen LogP contribution in [0.15, 0.2) is 23.0 Å². The molecule has 1 amide bonds. The zero-order chi connectivity index (χ0) is 17.1. The summed E-state index contributed by atoms with van der Waals surface area (Å²) in [5, 5.41) is 0. The molecule has 0 radical (unpaired) electrons. The molecule has 6 nitrogen and oxygen atoms in total. The third kappa shape index (κ3) is 4.07. The fourth-order valence-corrected chi connectivity index (χ4v) is 4.36. The normalized spacial score (nSPS) is 29.9. The molecule has 0 N–H and O–H groups in total. The van der Waals surface area contributed by atoms with Crippen molar-refractivity contribution in [3.8, 4) is 0 Å². The van der Waals surface area contributed by atoms with Gasteiger partial charge < -0.3 is 18.8 Å². The second kappa shape index (κ2) is 7.89. The lowest BCUT2D eigenvalue weighted by atomic mass is 9.99. The highest BCUT2D eigenvalue weighted by Crippen LogP contribution is 2.32. The average Bonchev–Trinajstić information content (AvgIpc) is 3.37. The summed E-state index contributed by atoms with van der Waals surface area (Å²) >= 11 is 0. The number of hydrogen-bond donors (Lipinski definition) is 0. The van der Waals surface area contributed by atoms with E-state index in [0.717, 1.165) is 58.3 Å². The second-order valence-electron chi connectivity index (χ2n) is 7.44. The van der Waals surface area contributed by atoms with Crippen LogP contribution < -0.4 is 0 Å². The molecule has 138 valence electrons. The van der Waals surface area contributed by atoms with Crippen molar-refractivity contribution in [2.75, 3.05) is 32.8 Å². The molecule has 3 aliphatic heterocycles. The van der Waals surface area contributed by atoms with E-state index in [0.29, 0.717) is 18.8 Å². The van der Waals surface area contributed by atoms with E-state index in [1.54, 1.807) is 6.26 Å². The summed E-state index contributed by atoms with van der Waals surface area (Å²) in [4.78, 5) is 16.4. The molecule has 3 atom stereocenters. The van der Waals surface area contributed by atoms with E-state index in [1.807, 2.05) is 17.2 Å². The van der Waals surface area contributed by atoms with Crippen molar-refractivity contribution in [1.82, 2.24) is 9.80 Å². The molecule has 0 aliphatic carbocycles. The van der Waals surface area contributed by atoms with E-state index in [1.165, 1.54) is 5.56 Å². The van der Waals surface area contributed by atoms with Gasteiger partial charge in [0, 0.05) is 37.8 Å². The lowest BCUT2D eigenvalue weighted by Gasteiger charge is -2.35. The zero-order valence-corrected chi connectivity index (χ0v) is 14.8. The minimum absolute atomic E-state index is 0.123. The van der Waals surface area contributed by atoms with Crippen LogP contribution in [0.25, 0.3) is 0 Å². The fourth-order valence-electron chi connectivity index (χ4n) is 4.36. The molecule has 1 aromatic rings. The van der Waals surface area contributed by atoms with Crippen molar-refractivity contribution < 1.29 is 18.7 Å². The van der Waals surface area contributed by atoms with Crippen LogP contribution >= 0.6 is 0 Å². The highest BCUT2D eigenvalue weighted by Gasteiger charge is 2.39. The first-order chi connectivity index (χ1) is 12.3. The molecule has 3 aliphatic rings. The molecule has 1 aromatic heterocycles. The van der Waals surface area contributed by atoms with E-state index in [4.69, 9.17) is 13.9 Å². The molecule has 0 bridgehead atoms. The Bertz CT molecular complexity index is 556. The van der Waals surface area contributed by atoms with Gasteiger partial charge in [0.2, 0.25) is 5.91 Å². The zero-order valence-electron chi connectivity index (χ0n) is 14.8. The summed E-state index contributed by atoms with van der Waals surface area (Å²) in [6, 6.07) is 2.53. The number of hydrogen-bond acceptors (Lipinski definition) is 5. The number of furan rings is 1. The molecule has 0 unspecified atom stereocenters. The Hall–Kier alpha value is -1.37. The van der Waals surface area contributed by atoms with Crippen LogP contribution in [-0.4, -0.2) is 66.8 Å². The molecular weight excluding hydrogens is 320 g/mol. The summed E-state index contributed by atoms with van der Waals surface area (Å²) in [5.74, 6) is 0.123. The summed E-state index contributed by atoms with van der Waals surface area (Å²) in [7, 11) is 0. The minimum Gasteiger partial charge on any atom is -0.472 e. The Balaban J connectivity index is 1.19. The Morgan fingerprint density at radius 2 is 2.08 bits per heavy atom. The number of ether oxygens (including phenoxy) is 2. The van der Waals surface area contributed by atoms with Gasteiger partial charge in [0.25, 0.3) is 0 Å². The van der Waals surface area contributed by atoms with E-state index in [9.17, 15) is 4.79 Å². The van der Waals surface area contributed by atoms with E-state index in [2.05, 4.69) is 4.90 Å². The lowest BCUT2D eigenvalue weighted by molar-refractivity contribution is -0.139. The Labute approximate surface area is 149 Å². The van der Waals surface area contributed by atoms with Crippen molar-refractivity contribution in [2.24, 2.45) is 0 Å². The summed E-state index contributed by atoms with van der Waals surface area (Å²) in [6.07, 6.45) is 9.43. The van der Waals surface area contributed by atoms with Crippen LogP contribution in [0, 0.1) is 0 Å². The van der Waals surface area contributed by atoms with Gasteiger partial charge in [-0.1, -0.05) is 0 Å². The van der Waals surface area contributed by atoms with Crippen LogP contribution in [-0.2, 0) is 20.8 Å². The minimum atomic E-state index is 0.123. The number of rotatable bonds is 6. The highest BCUT2D eigenvalue weighted by molar-refractivity contribution is 5.77. The first-order valence-corrected chi connectivity index (χ1v) is 9.56. The predicted molar refractivity (Wildman–Crippen MR) is 92.1 cm³/mol. The number of nitrogens with zero attached hydrogens (tertiary/aromatic N) is 2. The van der Waals surface area contributed by atoms with Crippen molar-refractivity contribution in [3.05, 3.63) is 24.2 Å². The third-order valence-corrected chi connectivity index (χ3v) is 5.70. The monoisotopic (exact) mass is 348 g/mol. The van der Waals surface area contributed by atoms with Crippen LogP contribution in [0.5, 0.6) is 0 Å². The number of carbonyl (C=O) groups excluding carboxylic acids is 1. The Morgan fingerprint density at radius 3 is 2.88 bits per heavy atom. The third-order valence-electron chi connectivity index (χ3n) is 5.70. The number of fused-ring (bicyclic) bond motifs is 1. The average molecular weight is 348 g/mol. The van der Waals surface area contributed by atoms with Crippen molar-refractivity contribution >= 4 is 5.91 Å². The van der Waals surface area contributed by atoms with Crippen LogP contribution in [0.1, 0.15) is 37.7 Å². The molecule has 3 fully saturated rings. The van der Waals surface area contributed by atoms with E-state index < -0.39 is 0 Å². The van der Waals surface area contributed by atoms with E-state index >= 15 is 0 Å². The summed E-state index contributed by atoms with van der Waals surface area (Å²) in [5.41, 5.74) is 1.23. The van der Waals surface area contributed by atoms with E-state index in [-0.39, 0.29) is 18.6 Å². The maximum Gasteiger partial charge on any atom is 0.248 e. The summed E-state index contributed by atoms with van der Waals surface area (Å²) < 4.78 is 17.1. The molecule has 6 heteroatoms. The van der Waals surface area contributed by atoms with Gasteiger partial charge in [-0.05, 0) is 38.2 Å². The van der Waals surface area contributed by atoms with Crippen molar-refractivity contribution in [2.45, 2.75) is 56.9 Å². The highest BCUT2D eigenvalue weighted by atomic mass is 16.5. The second-order valence-corrected chi connectivity index (χ2v) is 7.44. The van der Waals surface area contributed by atoms with Crippen molar-refractivity contribution in [3.63, 3.8) is 0 Å². The number of amides is 1. The topological polar surface area (TPSA) is 55.1 Å². The Kier molecular flexibility index (Phi) is 5.39. The van der Waals surface area contributed by atoms with Gasteiger partial charge >= 0.3 is 0 Å². The summed E-state index contributed by atoms with van der Waals surface area (Å²) in [6.45, 7) is 4.51. The maximum absolute atomic E-state index is 12.0. The van der Waals surface area contributed by atoms with Gasteiger partial charge in [0.15, 0.2) is 0 Å². The van der Waals surface area contributed by atoms with Crippen LogP contribution in [0.2, 0.25) is 0 Å². The Morgan fingerprint density at radius 1 is 1.20 bits per heavy atom. The van der Waals surface area contributed by atoms with Gasteiger partial charge in [-0.25, -0.2) is 0 Å². The number of carbonyl (C=O) groups is 1. The molecular formula is C19H28N2O4. The maximum atomic E-state index is 12.0. The van der Waals surface area contributed by atoms with Gasteiger partial charge in [-0.15, -0.1) is 0 Å². The standard InChI is InChI=1S/C19H28N2O4/c22-19(20-7-1-2-8-20)14-24-13-16-3-4-17-18(25-16)5-9-21(17)11-15-6-10-23-12-15/h6,10,12,16-18H,1-5,7-9,11,13-14H2/t16-,17-,18-/m0/s1. The lowest BCUT2D eigenvalue weighted by Crippen LogP contribution is -2.43. The fraction of sp³-hybridized carbons (Fsp3) is 0.737. The van der Waals surface area contributed by atoms with Gasteiger partial charge in [0.1, 0.15) is 6.61 Å². The molecule has 4 heterocycles. The largest absolute Gasteiger partial charge is 0.472 e. The van der Waals surface area contributed by atoms with Crippen molar-refractivity contribution in [1.29, 1.82) is 0 Å². The molecule has 0 spiro atoms. The van der Waals surface area contributed by atoms with Crippen LogP contribution in [0.4, 0.5) is 0 Å². The van der Waals surface area contributed by atoms with Crippen LogP contribution in [0.3, 0.4) is 0 Å². The smallest absolute Gasteiger partial charge is 0.248 e. The SMILES string of the molecule is O=C(COC[C@@H]1CC[C@H]2[C@H](CCN2Cc2ccoc2)O1)N1CCCC1. The molecule has 25 heavy (non-hydrogen) atoms. The quantitative estimate of drug-likeness (QED) is 0.787. The number of likely N-dealkylation sites (tertiary alicyclic amines) is 2. The first kappa shape index (κ1) is 17.1. The molecule has 4 rings (SSSR count). The first-order valence-electron chi connectivity index (χ1n) is 9.56. The van der Waals surface area contributed by atoms with Gasteiger partial charge in [-0.2, -0.15) is 0 Å². The molecule has 0 saturated carbocycles. The predicted octanol–water partition coefficient (Wildman–Crippen LogP) is 2.04. The molecule has 0 aromatic carbocycles. The molecule has 3 saturated heterocycles. The van der Waals surface area contributed by atoms with Gasteiger partial charge in [-0.3, -0.25) is 9.69 Å².